The molecule has 0 spiro atoms. The van der Waals surface area contributed by atoms with Gasteiger partial charge < -0.3 is 15.2 Å². The molecule has 1 atom stereocenters. The van der Waals surface area contributed by atoms with Crippen LogP contribution in [0.5, 0.6) is 5.88 Å². The van der Waals surface area contributed by atoms with E-state index in [4.69, 9.17) is 4.74 Å². The number of hydrogen-bond acceptors (Lipinski definition) is 4. The quantitative estimate of drug-likeness (QED) is 0.807. The van der Waals surface area contributed by atoms with Gasteiger partial charge in [0.05, 0.1) is 19.4 Å². The van der Waals surface area contributed by atoms with E-state index in [1.165, 1.54) is 5.56 Å². The van der Waals surface area contributed by atoms with E-state index in [9.17, 15) is 5.11 Å². The molecule has 0 amide bonds. The molecule has 0 aliphatic heterocycles. The lowest BCUT2D eigenvalue weighted by Crippen LogP contribution is -2.34. The average molecular weight is 272 g/mol. The van der Waals surface area contributed by atoms with Gasteiger partial charge in [0.15, 0.2) is 0 Å². The van der Waals surface area contributed by atoms with Crippen molar-refractivity contribution in [2.75, 3.05) is 13.7 Å². The largest absolute Gasteiger partial charge is 0.481 e. The number of rotatable bonds is 7. The Bertz CT molecular complexity index is 517. The molecule has 0 radical (unpaired) electrons. The molecule has 1 aromatic carbocycles. The van der Waals surface area contributed by atoms with Crippen LogP contribution in [0.15, 0.2) is 48.5 Å². The van der Waals surface area contributed by atoms with E-state index in [1.807, 2.05) is 36.4 Å². The maximum absolute atomic E-state index is 9.46. The minimum Gasteiger partial charge on any atom is -0.481 e. The molecule has 2 N–H and O–H groups in total. The van der Waals surface area contributed by atoms with E-state index in [0.29, 0.717) is 12.4 Å². The molecule has 0 aliphatic carbocycles. The summed E-state index contributed by atoms with van der Waals surface area (Å²) in [5.74, 6) is 0.605. The number of nitrogens with zero attached hydrogens (tertiary/aromatic N) is 1. The van der Waals surface area contributed by atoms with Crippen LogP contribution in [0.2, 0.25) is 0 Å². The van der Waals surface area contributed by atoms with Crippen LogP contribution in [-0.2, 0) is 13.0 Å². The van der Waals surface area contributed by atoms with Crippen molar-refractivity contribution in [3.8, 4) is 5.88 Å². The molecule has 0 fully saturated rings. The molecule has 0 saturated carbocycles. The summed E-state index contributed by atoms with van der Waals surface area (Å²) in [4.78, 5) is 4.34. The lowest BCUT2D eigenvalue weighted by Gasteiger charge is -2.16. The Morgan fingerprint density at radius 2 is 1.95 bits per heavy atom. The number of pyridine rings is 1. The fraction of sp³-hybridized carbons (Fsp3) is 0.312. The number of methoxy groups -OCH3 is 1. The highest BCUT2D eigenvalue weighted by Gasteiger charge is 2.08. The molecule has 106 valence electrons. The second kappa shape index (κ2) is 7.62. The smallest absolute Gasteiger partial charge is 0.213 e. The van der Waals surface area contributed by atoms with Gasteiger partial charge in [-0.3, -0.25) is 0 Å². The standard InChI is InChI=1S/C16H20N2O2/c1-20-16-9-5-8-14(18-16)11-17-15(12-19)10-13-6-3-2-4-7-13/h2-9,15,17,19H,10-12H2,1H3. The number of benzene rings is 1. The van der Waals surface area contributed by atoms with Gasteiger partial charge in [0.1, 0.15) is 0 Å². The summed E-state index contributed by atoms with van der Waals surface area (Å²) >= 11 is 0. The molecule has 0 saturated heterocycles. The van der Waals surface area contributed by atoms with Crippen LogP contribution in [0.3, 0.4) is 0 Å². The second-order valence-electron chi connectivity index (χ2n) is 4.62. The Hall–Kier alpha value is -1.91. The number of ether oxygens (including phenoxy) is 1. The van der Waals surface area contributed by atoms with Crippen LogP contribution in [0, 0.1) is 0 Å². The highest BCUT2D eigenvalue weighted by Crippen LogP contribution is 2.07. The molecule has 4 heteroatoms. The minimum absolute atomic E-state index is 0.0189. The molecule has 0 bridgehead atoms. The number of aromatic nitrogens is 1. The van der Waals surface area contributed by atoms with Gasteiger partial charge >= 0.3 is 0 Å². The molecule has 1 heterocycles. The Morgan fingerprint density at radius 1 is 1.15 bits per heavy atom. The summed E-state index contributed by atoms with van der Waals surface area (Å²) in [6, 6.07) is 15.8. The van der Waals surface area contributed by atoms with Crippen LogP contribution in [0.4, 0.5) is 0 Å². The van der Waals surface area contributed by atoms with Gasteiger partial charge in [-0.2, -0.15) is 0 Å². The van der Waals surface area contributed by atoms with Crippen LogP contribution in [0.25, 0.3) is 0 Å². The minimum atomic E-state index is 0.0189. The molecule has 2 rings (SSSR count). The molecular formula is C16H20N2O2. The third-order valence-electron chi connectivity index (χ3n) is 3.11. The highest BCUT2D eigenvalue weighted by molar-refractivity contribution is 5.17. The van der Waals surface area contributed by atoms with Crippen molar-refractivity contribution in [1.29, 1.82) is 0 Å². The topological polar surface area (TPSA) is 54.4 Å². The molecule has 4 nitrogen and oxygen atoms in total. The molecule has 1 unspecified atom stereocenters. The first-order valence-electron chi connectivity index (χ1n) is 6.70. The van der Waals surface area contributed by atoms with Gasteiger partial charge in [0, 0.05) is 18.7 Å². The van der Waals surface area contributed by atoms with E-state index in [2.05, 4.69) is 22.4 Å². The Balaban J connectivity index is 1.90. The van der Waals surface area contributed by atoms with Crippen molar-refractivity contribution >= 4 is 0 Å². The Kier molecular flexibility index (Phi) is 5.53. The maximum Gasteiger partial charge on any atom is 0.213 e. The number of nitrogens with one attached hydrogen (secondary N) is 1. The van der Waals surface area contributed by atoms with E-state index >= 15 is 0 Å². The number of aliphatic hydroxyl groups is 1. The summed E-state index contributed by atoms with van der Waals surface area (Å²) in [5.41, 5.74) is 2.11. The van der Waals surface area contributed by atoms with Gasteiger partial charge in [-0.05, 0) is 18.1 Å². The average Bonchev–Trinajstić information content (AvgIpc) is 2.52. The maximum atomic E-state index is 9.46. The molecule has 2 aromatic rings. The zero-order valence-electron chi connectivity index (χ0n) is 11.6. The zero-order chi connectivity index (χ0) is 14.2. The first-order valence-corrected chi connectivity index (χ1v) is 6.70. The molecular weight excluding hydrogens is 252 g/mol. The number of hydrogen-bond donors (Lipinski definition) is 2. The van der Waals surface area contributed by atoms with Crippen LogP contribution < -0.4 is 10.1 Å². The summed E-state index contributed by atoms with van der Waals surface area (Å²) in [5, 5.41) is 12.8. The highest BCUT2D eigenvalue weighted by atomic mass is 16.5. The van der Waals surface area contributed by atoms with Crippen molar-refractivity contribution in [3.05, 3.63) is 59.8 Å². The van der Waals surface area contributed by atoms with Crippen molar-refractivity contribution in [2.24, 2.45) is 0 Å². The first-order chi connectivity index (χ1) is 9.81. The first kappa shape index (κ1) is 14.5. The van der Waals surface area contributed by atoms with Crippen molar-refractivity contribution < 1.29 is 9.84 Å². The third-order valence-corrected chi connectivity index (χ3v) is 3.11. The zero-order valence-corrected chi connectivity index (χ0v) is 11.6. The van der Waals surface area contributed by atoms with E-state index < -0.39 is 0 Å². The Morgan fingerprint density at radius 3 is 2.65 bits per heavy atom. The monoisotopic (exact) mass is 272 g/mol. The Labute approximate surface area is 119 Å². The number of aliphatic hydroxyl groups excluding tert-OH is 1. The third kappa shape index (κ3) is 4.33. The molecule has 20 heavy (non-hydrogen) atoms. The van der Waals surface area contributed by atoms with Crippen molar-refractivity contribution in [1.82, 2.24) is 10.3 Å². The normalized spacial score (nSPS) is 12.1. The van der Waals surface area contributed by atoms with E-state index in [1.54, 1.807) is 7.11 Å². The van der Waals surface area contributed by atoms with Crippen molar-refractivity contribution in [3.63, 3.8) is 0 Å². The SMILES string of the molecule is COc1cccc(CNC(CO)Cc2ccccc2)n1. The fourth-order valence-corrected chi connectivity index (χ4v) is 2.02. The summed E-state index contributed by atoms with van der Waals surface area (Å²) in [7, 11) is 1.60. The van der Waals surface area contributed by atoms with E-state index in [0.717, 1.165) is 12.1 Å². The fourth-order valence-electron chi connectivity index (χ4n) is 2.02. The van der Waals surface area contributed by atoms with Gasteiger partial charge in [-0.25, -0.2) is 4.98 Å². The van der Waals surface area contributed by atoms with Crippen LogP contribution in [-0.4, -0.2) is 29.8 Å². The predicted molar refractivity (Wildman–Crippen MR) is 78.6 cm³/mol. The lowest BCUT2D eigenvalue weighted by molar-refractivity contribution is 0.240. The second-order valence-corrected chi connectivity index (χ2v) is 4.62. The molecule has 1 aromatic heterocycles. The summed E-state index contributed by atoms with van der Waals surface area (Å²) in [6.45, 7) is 0.703. The van der Waals surface area contributed by atoms with Crippen molar-refractivity contribution in [2.45, 2.75) is 19.0 Å². The van der Waals surface area contributed by atoms with Crippen LogP contribution in [0.1, 0.15) is 11.3 Å². The summed E-state index contributed by atoms with van der Waals surface area (Å²) < 4.78 is 5.10. The predicted octanol–water partition coefficient (Wildman–Crippen LogP) is 1.78. The van der Waals surface area contributed by atoms with Gasteiger partial charge in [0.25, 0.3) is 0 Å². The summed E-state index contributed by atoms with van der Waals surface area (Å²) in [6.07, 6.45) is 0.793. The van der Waals surface area contributed by atoms with Gasteiger partial charge in [-0.15, -0.1) is 0 Å². The van der Waals surface area contributed by atoms with Gasteiger partial charge in [-0.1, -0.05) is 36.4 Å². The van der Waals surface area contributed by atoms with Crippen LogP contribution >= 0.6 is 0 Å². The molecule has 0 aliphatic rings. The lowest BCUT2D eigenvalue weighted by atomic mass is 10.1. The van der Waals surface area contributed by atoms with E-state index in [-0.39, 0.29) is 12.6 Å². The van der Waals surface area contributed by atoms with Gasteiger partial charge in [0.2, 0.25) is 5.88 Å².